The van der Waals surface area contributed by atoms with Crippen LogP contribution in [0.3, 0.4) is 0 Å². The molecule has 5 unspecified atom stereocenters. The van der Waals surface area contributed by atoms with Crippen LogP contribution in [-0.4, -0.2) is 12.5 Å². The molecule has 0 aromatic carbocycles. The van der Waals surface area contributed by atoms with E-state index in [1.807, 2.05) is 0 Å². The van der Waals surface area contributed by atoms with Crippen LogP contribution < -0.4 is 5.32 Å². The normalized spacial score (nSPS) is 59.6. The molecular weight excluding hydrogens is 270 g/mol. The molecule has 1 N–H and O–H groups in total. The van der Waals surface area contributed by atoms with Crippen LogP contribution in [0.2, 0.25) is 0 Å². The zero-order valence-electron chi connectivity index (χ0n) is 13.6. The summed E-state index contributed by atoms with van der Waals surface area (Å²) in [4.78, 5) is 13.0. The fourth-order valence-corrected chi connectivity index (χ4v) is 8.38. The number of nitrogens with one attached hydrogen (secondary N) is 1. The van der Waals surface area contributed by atoms with Gasteiger partial charge >= 0.3 is 0 Å². The molecule has 7 aliphatic rings. The molecule has 0 aromatic heterocycles. The fourth-order valence-electron chi connectivity index (χ4n) is 8.38. The predicted octanol–water partition coefficient (Wildman–Crippen LogP) is 3.61. The molecular formula is C20H29NO. The van der Waals surface area contributed by atoms with Crippen molar-refractivity contribution >= 4 is 5.91 Å². The van der Waals surface area contributed by atoms with E-state index in [9.17, 15) is 4.79 Å². The lowest BCUT2D eigenvalue weighted by Gasteiger charge is -2.55. The molecule has 7 fully saturated rings. The molecule has 0 aromatic rings. The second kappa shape index (κ2) is 4.11. The van der Waals surface area contributed by atoms with E-state index in [4.69, 9.17) is 0 Å². The molecule has 7 saturated carbocycles. The second-order valence-electron chi connectivity index (χ2n) is 10.1. The highest BCUT2D eigenvalue weighted by atomic mass is 16.2. The molecule has 0 radical (unpaired) electrons. The van der Waals surface area contributed by atoms with E-state index < -0.39 is 0 Å². The van der Waals surface area contributed by atoms with Gasteiger partial charge in [0.05, 0.1) is 0 Å². The average Bonchev–Trinajstić information content (AvgIpc) is 3.09. The Morgan fingerprint density at radius 1 is 0.818 bits per heavy atom. The molecule has 2 nitrogen and oxygen atoms in total. The molecule has 120 valence electrons. The third kappa shape index (κ3) is 1.65. The summed E-state index contributed by atoms with van der Waals surface area (Å²) in [7, 11) is 0. The van der Waals surface area contributed by atoms with Gasteiger partial charge in [0.15, 0.2) is 0 Å². The third-order valence-corrected chi connectivity index (χ3v) is 8.88. The Labute approximate surface area is 133 Å². The van der Waals surface area contributed by atoms with Crippen LogP contribution in [0.15, 0.2) is 0 Å². The molecule has 22 heavy (non-hydrogen) atoms. The van der Waals surface area contributed by atoms with E-state index in [2.05, 4.69) is 5.32 Å². The smallest absolute Gasteiger partial charge is 0.226 e. The van der Waals surface area contributed by atoms with Gasteiger partial charge in [-0.1, -0.05) is 0 Å². The van der Waals surface area contributed by atoms with Gasteiger partial charge in [-0.25, -0.2) is 0 Å². The van der Waals surface area contributed by atoms with Crippen LogP contribution in [0.1, 0.15) is 57.8 Å². The quantitative estimate of drug-likeness (QED) is 0.847. The molecule has 0 saturated heterocycles. The van der Waals surface area contributed by atoms with Crippen molar-refractivity contribution in [3.8, 4) is 0 Å². The Balaban J connectivity index is 1.14. The lowest BCUT2D eigenvalue weighted by Crippen LogP contribution is -2.54. The number of hydrogen-bond acceptors (Lipinski definition) is 1. The maximum absolute atomic E-state index is 13.0. The summed E-state index contributed by atoms with van der Waals surface area (Å²) in [6, 6.07) is 0. The van der Waals surface area contributed by atoms with Crippen LogP contribution in [0.4, 0.5) is 0 Å². The molecule has 0 spiro atoms. The summed E-state index contributed by atoms with van der Waals surface area (Å²) in [5, 5.41) is 3.47. The van der Waals surface area contributed by atoms with E-state index in [1.165, 1.54) is 57.8 Å². The van der Waals surface area contributed by atoms with E-state index in [0.717, 1.165) is 53.9 Å². The molecule has 7 aliphatic carbocycles. The number of rotatable bonds is 3. The largest absolute Gasteiger partial charge is 0.355 e. The minimum atomic E-state index is 0.0640. The summed E-state index contributed by atoms with van der Waals surface area (Å²) in [6.07, 6.45) is 12.4. The molecule has 7 rings (SSSR count). The molecule has 6 bridgehead atoms. The Morgan fingerprint density at radius 2 is 1.50 bits per heavy atom. The first-order valence-electron chi connectivity index (χ1n) is 9.98. The average molecular weight is 299 g/mol. The van der Waals surface area contributed by atoms with Crippen LogP contribution in [-0.2, 0) is 4.79 Å². The number of hydrogen-bond donors (Lipinski definition) is 1. The maximum atomic E-state index is 13.0. The van der Waals surface area contributed by atoms with Gasteiger partial charge in [-0.15, -0.1) is 0 Å². The molecule has 0 aliphatic heterocycles. The van der Waals surface area contributed by atoms with Gasteiger partial charge in [0.25, 0.3) is 0 Å². The van der Waals surface area contributed by atoms with Gasteiger partial charge in [0.1, 0.15) is 0 Å². The lowest BCUT2D eigenvalue weighted by atomic mass is 9.49. The lowest BCUT2D eigenvalue weighted by molar-refractivity contribution is -0.146. The maximum Gasteiger partial charge on any atom is 0.226 e. The third-order valence-electron chi connectivity index (χ3n) is 8.88. The van der Waals surface area contributed by atoms with E-state index in [1.54, 1.807) is 0 Å². The van der Waals surface area contributed by atoms with Crippen molar-refractivity contribution in [3.05, 3.63) is 0 Å². The van der Waals surface area contributed by atoms with Crippen LogP contribution in [0.25, 0.3) is 0 Å². The number of carbonyl (C=O) groups excluding carboxylic acids is 1. The number of fused-ring (bicyclic) bond motifs is 5. The Bertz CT molecular complexity index is 491. The van der Waals surface area contributed by atoms with Crippen molar-refractivity contribution in [2.45, 2.75) is 57.8 Å². The first kappa shape index (κ1) is 12.8. The van der Waals surface area contributed by atoms with Crippen molar-refractivity contribution in [2.75, 3.05) is 6.54 Å². The summed E-state index contributed by atoms with van der Waals surface area (Å²) >= 11 is 0. The summed E-state index contributed by atoms with van der Waals surface area (Å²) < 4.78 is 0. The van der Waals surface area contributed by atoms with Crippen molar-refractivity contribution in [2.24, 2.45) is 52.8 Å². The second-order valence-corrected chi connectivity index (χ2v) is 10.1. The van der Waals surface area contributed by atoms with Gasteiger partial charge in [-0.2, -0.15) is 0 Å². The number of carbonyl (C=O) groups is 1. The van der Waals surface area contributed by atoms with Crippen molar-refractivity contribution < 1.29 is 4.79 Å². The summed E-state index contributed by atoms with van der Waals surface area (Å²) in [5.74, 6) is 8.13. The standard InChI is InChI=1S/C20H29NO/c22-19(20-7-11-1-12(8-20)3-13(2-11)9-20)21-10-15-4-14-5-16(15)18-6-17(14)18/h11-18H,1-10H2,(H,21,22). The molecule has 0 heterocycles. The Hall–Kier alpha value is -0.530. The van der Waals surface area contributed by atoms with Gasteiger partial charge < -0.3 is 5.32 Å². The minimum absolute atomic E-state index is 0.0640. The Kier molecular flexibility index (Phi) is 2.40. The van der Waals surface area contributed by atoms with E-state index >= 15 is 0 Å². The van der Waals surface area contributed by atoms with Gasteiger partial charge in [0.2, 0.25) is 5.91 Å². The van der Waals surface area contributed by atoms with Crippen molar-refractivity contribution in [1.29, 1.82) is 0 Å². The first-order chi connectivity index (χ1) is 10.7. The van der Waals surface area contributed by atoms with Crippen LogP contribution >= 0.6 is 0 Å². The van der Waals surface area contributed by atoms with E-state index in [0.29, 0.717) is 5.91 Å². The van der Waals surface area contributed by atoms with Gasteiger partial charge in [-0.05, 0) is 105 Å². The van der Waals surface area contributed by atoms with Crippen LogP contribution in [0, 0.1) is 52.8 Å². The van der Waals surface area contributed by atoms with Crippen LogP contribution in [0.5, 0.6) is 0 Å². The topological polar surface area (TPSA) is 29.1 Å². The molecule has 1 amide bonds. The number of amides is 1. The van der Waals surface area contributed by atoms with Gasteiger partial charge in [0, 0.05) is 12.0 Å². The zero-order chi connectivity index (χ0) is 14.5. The minimum Gasteiger partial charge on any atom is -0.355 e. The summed E-state index contributed by atoms with van der Waals surface area (Å²) in [5.41, 5.74) is 0.0640. The zero-order valence-corrected chi connectivity index (χ0v) is 13.6. The SMILES string of the molecule is O=C(NCC1CC2CC1C1CC21)C12CC3CC(CC(C3)C1)C2. The summed E-state index contributed by atoms with van der Waals surface area (Å²) in [6.45, 7) is 1.00. The first-order valence-corrected chi connectivity index (χ1v) is 9.98. The van der Waals surface area contributed by atoms with Crippen molar-refractivity contribution in [3.63, 3.8) is 0 Å². The van der Waals surface area contributed by atoms with Crippen molar-refractivity contribution in [1.82, 2.24) is 5.32 Å². The molecule has 5 atom stereocenters. The Morgan fingerprint density at radius 3 is 2.09 bits per heavy atom. The highest BCUT2D eigenvalue weighted by molar-refractivity contribution is 5.83. The van der Waals surface area contributed by atoms with Gasteiger partial charge in [-0.3, -0.25) is 4.79 Å². The highest BCUT2D eigenvalue weighted by Crippen LogP contribution is 2.67. The predicted molar refractivity (Wildman–Crippen MR) is 84.9 cm³/mol. The monoisotopic (exact) mass is 299 g/mol. The fraction of sp³-hybridized carbons (Fsp3) is 0.950. The van der Waals surface area contributed by atoms with E-state index in [-0.39, 0.29) is 5.41 Å². The highest BCUT2D eigenvalue weighted by Gasteiger charge is 2.61. The molecule has 2 heteroatoms.